The number of hydrogen-bond donors (Lipinski definition) is 2. The van der Waals surface area contributed by atoms with Gasteiger partial charge in [0.2, 0.25) is 5.91 Å². The van der Waals surface area contributed by atoms with Crippen molar-refractivity contribution in [2.75, 3.05) is 13.2 Å². The Hall–Kier alpha value is -0.830. The van der Waals surface area contributed by atoms with Crippen LogP contribution in [0.5, 0.6) is 0 Å². The minimum Gasteiger partial charge on any atom is -0.392 e. The first-order valence-electron chi connectivity index (χ1n) is 2.83. The van der Waals surface area contributed by atoms with Gasteiger partial charge in [-0.05, 0) is 12.5 Å². The molecule has 0 unspecified atom stereocenters. The molecule has 2 N–H and O–H groups in total. The monoisotopic (exact) mass is 127 g/mol. The van der Waals surface area contributed by atoms with Gasteiger partial charge < -0.3 is 10.4 Å². The average Bonchev–Trinajstić information content (AvgIpc) is 1.84. The molecule has 1 fully saturated rings. The quantitative estimate of drug-likeness (QED) is 0.366. The van der Waals surface area contributed by atoms with Crippen LogP contribution in [0.4, 0.5) is 0 Å². The second kappa shape index (κ2) is 2.19. The summed E-state index contributed by atoms with van der Waals surface area (Å²) in [4.78, 5) is 10.6. The average molecular weight is 127 g/mol. The fraction of sp³-hybridized carbons (Fsp3) is 0.500. The molecule has 9 heavy (non-hydrogen) atoms. The molecule has 0 bridgehead atoms. The second-order valence-electron chi connectivity index (χ2n) is 2.10. The van der Waals surface area contributed by atoms with E-state index in [9.17, 15) is 4.79 Å². The molecular formula is C6H9NO2. The van der Waals surface area contributed by atoms with Gasteiger partial charge in [0.05, 0.1) is 6.61 Å². The molecule has 1 aliphatic heterocycles. The summed E-state index contributed by atoms with van der Waals surface area (Å²) in [5.74, 6) is -0.0402. The number of aliphatic hydroxyl groups excluding tert-OH is 1. The standard InChI is InChI=1S/C6H9NO2/c1-4(3-8)5-2-7-6(5)9/h8H,2-3H2,1H3,(H,7,9). The van der Waals surface area contributed by atoms with Crippen LogP contribution in [0.1, 0.15) is 6.92 Å². The molecule has 0 atom stereocenters. The van der Waals surface area contributed by atoms with E-state index in [1.165, 1.54) is 0 Å². The number of β-lactam (4-membered cyclic amide) rings is 1. The zero-order valence-electron chi connectivity index (χ0n) is 5.27. The minimum absolute atomic E-state index is 0.0112. The lowest BCUT2D eigenvalue weighted by Gasteiger charge is -2.19. The smallest absolute Gasteiger partial charge is 0.249 e. The van der Waals surface area contributed by atoms with Crippen LogP contribution in [0.25, 0.3) is 0 Å². The van der Waals surface area contributed by atoms with Gasteiger partial charge in [0.25, 0.3) is 0 Å². The molecule has 3 nitrogen and oxygen atoms in total. The van der Waals surface area contributed by atoms with Crippen LogP contribution in [0.3, 0.4) is 0 Å². The summed E-state index contributed by atoms with van der Waals surface area (Å²) in [7, 11) is 0. The number of aliphatic hydroxyl groups is 1. The third kappa shape index (κ3) is 0.954. The fourth-order valence-electron chi connectivity index (χ4n) is 0.689. The topological polar surface area (TPSA) is 49.3 Å². The highest BCUT2D eigenvalue weighted by Crippen LogP contribution is 2.08. The molecule has 1 saturated heterocycles. The highest BCUT2D eigenvalue weighted by atomic mass is 16.3. The first-order chi connectivity index (χ1) is 4.25. The maximum Gasteiger partial charge on any atom is 0.249 e. The van der Waals surface area contributed by atoms with Gasteiger partial charge in [-0.3, -0.25) is 4.79 Å². The second-order valence-corrected chi connectivity index (χ2v) is 2.10. The summed E-state index contributed by atoms with van der Waals surface area (Å²) in [5.41, 5.74) is 1.51. The van der Waals surface area contributed by atoms with Gasteiger partial charge in [-0.2, -0.15) is 0 Å². The number of amides is 1. The van der Waals surface area contributed by atoms with E-state index in [0.29, 0.717) is 6.54 Å². The molecule has 0 aromatic heterocycles. The Balaban J connectivity index is 2.69. The van der Waals surface area contributed by atoms with Crippen molar-refractivity contribution in [1.29, 1.82) is 0 Å². The van der Waals surface area contributed by atoms with Crippen LogP contribution < -0.4 is 5.32 Å². The van der Waals surface area contributed by atoms with Crippen LogP contribution in [0.15, 0.2) is 11.1 Å². The Labute approximate surface area is 53.4 Å². The van der Waals surface area contributed by atoms with Crippen molar-refractivity contribution in [2.45, 2.75) is 6.92 Å². The predicted octanol–water partition coefficient (Wildman–Crippen LogP) is -0.575. The van der Waals surface area contributed by atoms with Crippen LogP contribution >= 0.6 is 0 Å². The molecule has 1 rings (SSSR count). The van der Waals surface area contributed by atoms with E-state index in [4.69, 9.17) is 5.11 Å². The van der Waals surface area contributed by atoms with E-state index in [1.54, 1.807) is 6.92 Å². The van der Waals surface area contributed by atoms with E-state index >= 15 is 0 Å². The number of hydrogen-bond acceptors (Lipinski definition) is 2. The lowest BCUT2D eigenvalue weighted by atomic mass is 10.0. The maximum absolute atomic E-state index is 10.6. The van der Waals surface area contributed by atoms with Crippen molar-refractivity contribution >= 4 is 5.91 Å². The van der Waals surface area contributed by atoms with Gasteiger partial charge in [0.15, 0.2) is 0 Å². The summed E-state index contributed by atoms with van der Waals surface area (Å²) < 4.78 is 0. The van der Waals surface area contributed by atoms with E-state index in [0.717, 1.165) is 11.1 Å². The molecule has 0 saturated carbocycles. The molecule has 0 aliphatic carbocycles. The Bertz CT molecular complexity index is 172. The van der Waals surface area contributed by atoms with Crippen molar-refractivity contribution in [3.63, 3.8) is 0 Å². The van der Waals surface area contributed by atoms with E-state index in [-0.39, 0.29) is 12.5 Å². The van der Waals surface area contributed by atoms with Crippen molar-refractivity contribution < 1.29 is 9.90 Å². The molecule has 0 spiro atoms. The van der Waals surface area contributed by atoms with Gasteiger partial charge in [-0.1, -0.05) is 0 Å². The van der Waals surface area contributed by atoms with Crippen molar-refractivity contribution in [1.82, 2.24) is 5.32 Å². The maximum atomic E-state index is 10.6. The first kappa shape index (κ1) is 6.29. The van der Waals surface area contributed by atoms with Crippen LogP contribution in [0, 0.1) is 0 Å². The lowest BCUT2D eigenvalue weighted by Crippen LogP contribution is -2.42. The third-order valence-electron chi connectivity index (χ3n) is 1.45. The molecule has 0 aromatic carbocycles. The van der Waals surface area contributed by atoms with Gasteiger partial charge in [0, 0.05) is 12.1 Å². The molecule has 1 aliphatic rings. The molecule has 50 valence electrons. The van der Waals surface area contributed by atoms with Crippen LogP contribution in [0.2, 0.25) is 0 Å². The summed E-state index contributed by atoms with van der Waals surface area (Å²) in [6.45, 7) is 2.36. The van der Waals surface area contributed by atoms with Crippen LogP contribution in [-0.2, 0) is 4.79 Å². The Kier molecular flexibility index (Phi) is 1.53. The number of carbonyl (C=O) groups excluding carboxylic acids is 1. The number of rotatable bonds is 1. The van der Waals surface area contributed by atoms with Gasteiger partial charge in [-0.25, -0.2) is 0 Å². The molecule has 0 radical (unpaired) electrons. The third-order valence-corrected chi connectivity index (χ3v) is 1.45. The normalized spacial score (nSPS) is 22.7. The summed E-state index contributed by atoms with van der Waals surface area (Å²) in [6.07, 6.45) is 0. The lowest BCUT2D eigenvalue weighted by molar-refractivity contribution is -0.120. The molecule has 0 aromatic rings. The Morgan fingerprint density at radius 1 is 1.89 bits per heavy atom. The van der Waals surface area contributed by atoms with E-state index in [2.05, 4.69) is 5.32 Å². The molecule has 1 heterocycles. The van der Waals surface area contributed by atoms with Crippen molar-refractivity contribution in [3.8, 4) is 0 Å². The first-order valence-corrected chi connectivity index (χ1v) is 2.83. The predicted molar refractivity (Wildman–Crippen MR) is 32.8 cm³/mol. The molecule has 1 amide bonds. The largest absolute Gasteiger partial charge is 0.392 e. The minimum atomic E-state index is -0.0402. The highest BCUT2D eigenvalue weighted by molar-refractivity contribution is 6.00. The van der Waals surface area contributed by atoms with Crippen LogP contribution in [-0.4, -0.2) is 24.2 Å². The Morgan fingerprint density at radius 3 is 2.67 bits per heavy atom. The zero-order chi connectivity index (χ0) is 6.85. The van der Waals surface area contributed by atoms with Crippen molar-refractivity contribution in [2.24, 2.45) is 0 Å². The molecule has 3 heteroatoms. The Morgan fingerprint density at radius 2 is 2.56 bits per heavy atom. The van der Waals surface area contributed by atoms with Gasteiger partial charge >= 0.3 is 0 Å². The summed E-state index contributed by atoms with van der Waals surface area (Å²) in [6, 6.07) is 0. The highest BCUT2D eigenvalue weighted by Gasteiger charge is 2.20. The SMILES string of the molecule is CC(CO)=C1CNC1=O. The number of carbonyl (C=O) groups is 1. The van der Waals surface area contributed by atoms with Gasteiger partial charge in [0.1, 0.15) is 0 Å². The van der Waals surface area contributed by atoms with E-state index in [1.807, 2.05) is 0 Å². The zero-order valence-corrected chi connectivity index (χ0v) is 5.27. The summed E-state index contributed by atoms with van der Waals surface area (Å²) in [5, 5.41) is 11.1. The molecular weight excluding hydrogens is 118 g/mol. The fourth-order valence-corrected chi connectivity index (χ4v) is 0.689. The van der Waals surface area contributed by atoms with Gasteiger partial charge in [-0.15, -0.1) is 0 Å². The van der Waals surface area contributed by atoms with E-state index < -0.39 is 0 Å². The van der Waals surface area contributed by atoms with Crippen molar-refractivity contribution in [3.05, 3.63) is 11.1 Å². The number of nitrogens with one attached hydrogen (secondary N) is 1. The summed E-state index contributed by atoms with van der Waals surface area (Å²) >= 11 is 0.